The van der Waals surface area contributed by atoms with E-state index in [4.69, 9.17) is 4.74 Å². The van der Waals surface area contributed by atoms with Crippen LogP contribution in [0.4, 0.5) is 0 Å². The molecule has 3 fully saturated rings. The molecule has 3 aliphatic rings. The molecule has 3 atom stereocenters. The number of ether oxygens (including phenoxy) is 1. The van der Waals surface area contributed by atoms with Crippen molar-refractivity contribution in [1.82, 2.24) is 10.2 Å². The third kappa shape index (κ3) is 2.98. The van der Waals surface area contributed by atoms with E-state index in [1.807, 2.05) is 6.92 Å². The summed E-state index contributed by atoms with van der Waals surface area (Å²) in [6, 6.07) is 1.01. The van der Waals surface area contributed by atoms with Gasteiger partial charge in [0.25, 0.3) is 0 Å². The molecule has 1 aliphatic heterocycles. The summed E-state index contributed by atoms with van der Waals surface area (Å²) in [5.74, 6) is 1.30. The molecule has 0 aromatic rings. The van der Waals surface area contributed by atoms with Gasteiger partial charge in [-0.15, -0.1) is 0 Å². The predicted octanol–water partition coefficient (Wildman–Crippen LogP) is 2.18. The lowest BCUT2D eigenvalue weighted by atomic mass is 9.90. The van der Waals surface area contributed by atoms with Crippen LogP contribution in [-0.2, 0) is 9.53 Å². The summed E-state index contributed by atoms with van der Waals surface area (Å²) in [6.45, 7) is 8.66. The first-order valence-corrected chi connectivity index (χ1v) is 8.74. The van der Waals surface area contributed by atoms with Crippen molar-refractivity contribution >= 4 is 5.97 Å². The van der Waals surface area contributed by atoms with Gasteiger partial charge in [0.15, 0.2) is 0 Å². The van der Waals surface area contributed by atoms with Crippen LogP contribution in [0.25, 0.3) is 0 Å². The molecule has 0 spiro atoms. The van der Waals surface area contributed by atoms with E-state index in [1.54, 1.807) is 0 Å². The third-order valence-corrected chi connectivity index (χ3v) is 5.44. The third-order valence-electron chi connectivity index (χ3n) is 5.44. The van der Waals surface area contributed by atoms with Crippen molar-refractivity contribution in [3.8, 4) is 0 Å². The molecule has 1 saturated heterocycles. The molecule has 0 aromatic carbocycles. The maximum atomic E-state index is 12.8. The molecule has 3 rings (SSSR count). The van der Waals surface area contributed by atoms with Crippen LogP contribution in [0.15, 0.2) is 0 Å². The topological polar surface area (TPSA) is 41.6 Å². The van der Waals surface area contributed by atoms with Gasteiger partial charge in [-0.25, -0.2) is 4.79 Å². The van der Waals surface area contributed by atoms with Crippen molar-refractivity contribution in [2.24, 2.45) is 11.8 Å². The van der Waals surface area contributed by atoms with Crippen LogP contribution in [0, 0.1) is 11.8 Å². The lowest BCUT2D eigenvalue weighted by Gasteiger charge is -2.40. The van der Waals surface area contributed by atoms with Gasteiger partial charge in [-0.05, 0) is 64.7 Å². The lowest BCUT2D eigenvalue weighted by molar-refractivity contribution is -0.154. The molecule has 2 saturated carbocycles. The summed E-state index contributed by atoms with van der Waals surface area (Å²) in [4.78, 5) is 15.3. The molecule has 2 bridgehead atoms. The van der Waals surface area contributed by atoms with E-state index in [-0.39, 0.29) is 5.97 Å². The van der Waals surface area contributed by atoms with Crippen molar-refractivity contribution in [1.29, 1.82) is 0 Å². The molecular formula is C17H30N2O2. The zero-order valence-electron chi connectivity index (χ0n) is 13.7. The molecule has 3 unspecified atom stereocenters. The van der Waals surface area contributed by atoms with Gasteiger partial charge in [-0.3, -0.25) is 10.2 Å². The maximum Gasteiger partial charge on any atom is 0.327 e. The van der Waals surface area contributed by atoms with Gasteiger partial charge < -0.3 is 4.74 Å². The summed E-state index contributed by atoms with van der Waals surface area (Å²) in [5.41, 5.74) is -0.478. The minimum Gasteiger partial charge on any atom is -0.465 e. The summed E-state index contributed by atoms with van der Waals surface area (Å²) < 4.78 is 5.47. The highest BCUT2D eigenvalue weighted by molar-refractivity contribution is 5.82. The fourth-order valence-electron chi connectivity index (χ4n) is 4.47. The van der Waals surface area contributed by atoms with Crippen LogP contribution in [0.5, 0.6) is 0 Å². The van der Waals surface area contributed by atoms with Crippen LogP contribution >= 0.6 is 0 Å². The normalized spacial score (nSPS) is 31.6. The number of fused-ring (bicyclic) bond motifs is 2. The highest BCUT2D eigenvalue weighted by Gasteiger charge is 2.54. The maximum absolute atomic E-state index is 12.8. The van der Waals surface area contributed by atoms with Gasteiger partial charge in [0.1, 0.15) is 5.54 Å². The zero-order chi connectivity index (χ0) is 15.0. The molecule has 120 valence electrons. The number of hydrogen-bond acceptors (Lipinski definition) is 4. The second-order valence-electron chi connectivity index (χ2n) is 7.53. The Labute approximate surface area is 128 Å². The van der Waals surface area contributed by atoms with Crippen molar-refractivity contribution in [2.45, 2.75) is 70.5 Å². The van der Waals surface area contributed by atoms with Gasteiger partial charge in [0.2, 0.25) is 0 Å². The Bertz CT molecular complexity index is 394. The lowest BCUT2D eigenvalue weighted by Crippen LogP contribution is -2.63. The van der Waals surface area contributed by atoms with Gasteiger partial charge in [-0.2, -0.15) is 0 Å². The molecule has 1 heterocycles. The van der Waals surface area contributed by atoms with Crippen molar-refractivity contribution in [3.63, 3.8) is 0 Å². The second kappa shape index (κ2) is 5.88. The first-order valence-electron chi connectivity index (χ1n) is 8.74. The van der Waals surface area contributed by atoms with Gasteiger partial charge >= 0.3 is 5.97 Å². The van der Waals surface area contributed by atoms with Crippen LogP contribution in [-0.4, -0.2) is 48.2 Å². The Morgan fingerprint density at radius 1 is 1.33 bits per heavy atom. The van der Waals surface area contributed by atoms with E-state index < -0.39 is 5.54 Å². The number of nitrogens with zero attached hydrogens (tertiary/aromatic N) is 1. The Hall–Kier alpha value is -0.610. The summed E-state index contributed by atoms with van der Waals surface area (Å²) in [7, 11) is 0. The number of nitrogens with one attached hydrogen (secondary N) is 1. The van der Waals surface area contributed by atoms with Crippen LogP contribution in [0.1, 0.15) is 52.9 Å². The SMILES string of the molecule is CCOC(=O)C(CN1CC2CCC1C2)(NC(C)C)C1CC1. The fourth-order valence-corrected chi connectivity index (χ4v) is 4.47. The molecule has 0 radical (unpaired) electrons. The largest absolute Gasteiger partial charge is 0.465 e. The molecule has 1 N–H and O–H groups in total. The molecular weight excluding hydrogens is 264 g/mol. The Morgan fingerprint density at radius 3 is 2.57 bits per heavy atom. The molecule has 0 aromatic heterocycles. The van der Waals surface area contributed by atoms with E-state index in [0.29, 0.717) is 24.6 Å². The van der Waals surface area contributed by atoms with Gasteiger partial charge in [0.05, 0.1) is 6.61 Å². The first-order chi connectivity index (χ1) is 10.0. The smallest absolute Gasteiger partial charge is 0.327 e. The van der Waals surface area contributed by atoms with Crippen LogP contribution in [0.3, 0.4) is 0 Å². The second-order valence-corrected chi connectivity index (χ2v) is 7.53. The average Bonchev–Trinajstić information content (AvgIpc) is 3.09. The minimum atomic E-state index is -0.478. The summed E-state index contributed by atoms with van der Waals surface area (Å²) in [5, 5.41) is 3.61. The first kappa shape index (κ1) is 15.3. The van der Waals surface area contributed by atoms with E-state index in [0.717, 1.165) is 25.3 Å². The van der Waals surface area contributed by atoms with E-state index in [1.165, 1.54) is 25.8 Å². The molecule has 2 aliphatic carbocycles. The van der Waals surface area contributed by atoms with Gasteiger partial charge in [-0.1, -0.05) is 0 Å². The Morgan fingerprint density at radius 2 is 2.10 bits per heavy atom. The van der Waals surface area contributed by atoms with Crippen molar-refractivity contribution < 1.29 is 9.53 Å². The number of piperidine rings is 1. The van der Waals surface area contributed by atoms with Crippen molar-refractivity contribution in [3.05, 3.63) is 0 Å². The highest BCUT2D eigenvalue weighted by Crippen LogP contribution is 2.44. The quantitative estimate of drug-likeness (QED) is 0.731. The number of esters is 1. The summed E-state index contributed by atoms with van der Waals surface area (Å²) >= 11 is 0. The number of carbonyl (C=O) groups excluding carboxylic acids is 1. The molecule has 4 nitrogen and oxygen atoms in total. The molecule has 4 heteroatoms. The van der Waals surface area contributed by atoms with E-state index >= 15 is 0 Å². The van der Waals surface area contributed by atoms with Gasteiger partial charge in [0, 0.05) is 25.2 Å². The van der Waals surface area contributed by atoms with Crippen molar-refractivity contribution in [2.75, 3.05) is 19.7 Å². The summed E-state index contributed by atoms with van der Waals surface area (Å²) in [6.07, 6.45) is 6.34. The Kier molecular flexibility index (Phi) is 4.28. The number of hydrogen-bond donors (Lipinski definition) is 1. The van der Waals surface area contributed by atoms with E-state index in [2.05, 4.69) is 24.1 Å². The zero-order valence-corrected chi connectivity index (χ0v) is 13.7. The standard InChI is InChI=1S/C17H30N2O2/c1-4-21-16(20)17(14-6-7-14,18-12(2)3)11-19-10-13-5-8-15(19)9-13/h12-15,18H,4-11H2,1-3H3. The molecule has 21 heavy (non-hydrogen) atoms. The highest BCUT2D eigenvalue weighted by atomic mass is 16.5. The fraction of sp³-hybridized carbons (Fsp3) is 0.941. The Balaban J connectivity index is 1.78. The van der Waals surface area contributed by atoms with E-state index in [9.17, 15) is 4.79 Å². The average molecular weight is 294 g/mol. The van der Waals surface area contributed by atoms with Crippen LogP contribution in [0.2, 0.25) is 0 Å². The number of carbonyl (C=O) groups is 1. The van der Waals surface area contributed by atoms with Crippen LogP contribution < -0.4 is 5.32 Å². The molecule has 0 amide bonds. The minimum absolute atomic E-state index is 0.0241. The number of likely N-dealkylation sites (tertiary alicyclic amines) is 1. The number of rotatable bonds is 7. The monoisotopic (exact) mass is 294 g/mol. The predicted molar refractivity (Wildman–Crippen MR) is 83.1 cm³/mol.